The second kappa shape index (κ2) is 15.1. The number of fused-ring (bicyclic) bond motifs is 1. The van der Waals surface area contributed by atoms with E-state index in [2.05, 4.69) is 57.3 Å². The summed E-state index contributed by atoms with van der Waals surface area (Å²) in [6, 6.07) is 44.9. The molecule has 8 rings (SSSR count). The SMILES string of the molecule is CN(C)CCNS(=O)(=O)c1csc(-c2ncnc3ccc(-c4cn(C(c5ccccc5)(c5ccccc5)c5ccccc5)nc4-c4ccc(F)cc4)cc23)c1. The number of thiophene rings is 1. The van der Waals surface area contributed by atoms with Crippen LogP contribution >= 0.6 is 11.3 Å². The fraction of sp³-hybridized carbons (Fsp3) is 0.114. The van der Waals surface area contributed by atoms with Gasteiger partial charge in [-0.05, 0) is 78.8 Å². The van der Waals surface area contributed by atoms with Gasteiger partial charge in [-0.15, -0.1) is 11.3 Å². The Morgan fingerprint density at radius 1 is 0.745 bits per heavy atom. The van der Waals surface area contributed by atoms with Crippen molar-refractivity contribution >= 4 is 32.3 Å². The molecule has 0 saturated heterocycles. The predicted octanol–water partition coefficient (Wildman–Crippen LogP) is 8.71. The van der Waals surface area contributed by atoms with Crippen LogP contribution in [0.5, 0.6) is 0 Å². The van der Waals surface area contributed by atoms with E-state index < -0.39 is 15.6 Å². The molecule has 0 amide bonds. The average Bonchev–Trinajstić information content (AvgIpc) is 3.89. The van der Waals surface area contributed by atoms with Gasteiger partial charge in [0.25, 0.3) is 0 Å². The third-order valence-corrected chi connectivity index (χ3v) is 12.2. The zero-order valence-corrected chi connectivity index (χ0v) is 31.8. The number of likely N-dealkylation sites (N-methyl/N-ethyl adjacent to an activating group) is 1. The Hall–Kier alpha value is -5.85. The van der Waals surface area contributed by atoms with Gasteiger partial charge in [0, 0.05) is 41.2 Å². The fourth-order valence-electron chi connectivity index (χ4n) is 7.00. The number of aromatic nitrogens is 4. The van der Waals surface area contributed by atoms with E-state index in [1.165, 1.54) is 29.8 Å². The number of hydrogen-bond acceptors (Lipinski definition) is 7. The third kappa shape index (κ3) is 6.99. The van der Waals surface area contributed by atoms with E-state index in [1.54, 1.807) is 23.6 Å². The molecule has 11 heteroatoms. The van der Waals surface area contributed by atoms with E-state index in [0.717, 1.165) is 38.8 Å². The van der Waals surface area contributed by atoms with Crippen LogP contribution in [0, 0.1) is 5.82 Å². The van der Waals surface area contributed by atoms with Crippen LogP contribution < -0.4 is 4.72 Å². The lowest BCUT2D eigenvalue weighted by atomic mass is 9.77. The Kier molecular flexibility index (Phi) is 9.93. The molecular weight excluding hydrogens is 728 g/mol. The molecular formula is C44H37FN6O2S2. The second-order valence-corrected chi connectivity index (χ2v) is 16.1. The van der Waals surface area contributed by atoms with Crippen molar-refractivity contribution in [2.45, 2.75) is 10.4 Å². The van der Waals surface area contributed by atoms with Gasteiger partial charge in [0.1, 0.15) is 23.4 Å². The topological polar surface area (TPSA) is 93.0 Å². The number of sulfonamides is 1. The van der Waals surface area contributed by atoms with Crippen molar-refractivity contribution in [3.05, 3.63) is 180 Å². The maximum Gasteiger partial charge on any atom is 0.241 e. The van der Waals surface area contributed by atoms with Gasteiger partial charge in [0.2, 0.25) is 10.0 Å². The quantitative estimate of drug-likeness (QED) is 0.125. The second-order valence-electron chi connectivity index (χ2n) is 13.5. The lowest BCUT2D eigenvalue weighted by Crippen LogP contribution is -2.38. The molecule has 55 heavy (non-hydrogen) atoms. The smallest absolute Gasteiger partial charge is 0.241 e. The van der Waals surface area contributed by atoms with Crippen LogP contribution in [-0.2, 0) is 15.6 Å². The summed E-state index contributed by atoms with van der Waals surface area (Å²) < 4.78 is 45.4. The minimum Gasteiger partial charge on any atom is -0.308 e. The van der Waals surface area contributed by atoms with Crippen molar-refractivity contribution in [2.75, 3.05) is 27.2 Å². The summed E-state index contributed by atoms with van der Waals surface area (Å²) in [5.74, 6) is -0.338. The minimum absolute atomic E-state index is 0.188. The standard InChI is InChI=1S/C44H37FN6O2S2/c1-50(2)25-24-48-55(52,53)37-27-41(54-29-37)43-38-26-32(20-23-40(38)46-30-47-43)39-28-51(49-42(39)31-18-21-36(45)22-19-31)44(33-12-6-3-7-13-33,34-14-8-4-9-15-34)35-16-10-5-11-17-35/h3-23,26-30,48H,24-25H2,1-2H3. The molecule has 0 atom stereocenters. The third-order valence-electron chi connectivity index (χ3n) is 9.67. The Bertz CT molecular complexity index is 2590. The lowest BCUT2D eigenvalue weighted by molar-refractivity contribution is 0.412. The summed E-state index contributed by atoms with van der Waals surface area (Å²) in [4.78, 5) is 12.0. The van der Waals surface area contributed by atoms with Crippen molar-refractivity contribution in [2.24, 2.45) is 0 Å². The molecule has 0 spiro atoms. The molecule has 0 fully saturated rings. The van der Waals surface area contributed by atoms with Gasteiger partial charge >= 0.3 is 0 Å². The number of nitrogens with one attached hydrogen (secondary N) is 1. The molecule has 274 valence electrons. The molecule has 1 N–H and O–H groups in total. The highest BCUT2D eigenvalue weighted by Gasteiger charge is 2.40. The van der Waals surface area contributed by atoms with E-state index in [-0.39, 0.29) is 10.7 Å². The summed E-state index contributed by atoms with van der Waals surface area (Å²) >= 11 is 1.32. The minimum atomic E-state index is -3.71. The first-order valence-corrected chi connectivity index (χ1v) is 20.1. The highest BCUT2D eigenvalue weighted by Crippen LogP contribution is 2.44. The van der Waals surface area contributed by atoms with E-state index in [4.69, 9.17) is 5.10 Å². The maximum atomic E-state index is 14.4. The van der Waals surface area contributed by atoms with E-state index in [0.29, 0.717) is 34.9 Å². The maximum absolute atomic E-state index is 14.4. The van der Waals surface area contributed by atoms with E-state index in [9.17, 15) is 12.8 Å². The lowest BCUT2D eigenvalue weighted by Gasteiger charge is -2.36. The van der Waals surface area contributed by atoms with Gasteiger partial charge in [-0.3, -0.25) is 4.68 Å². The van der Waals surface area contributed by atoms with Crippen molar-refractivity contribution in [1.82, 2.24) is 29.4 Å². The van der Waals surface area contributed by atoms with Crippen molar-refractivity contribution in [3.63, 3.8) is 0 Å². The van der Waals surface area contributed by atoms with E-state index >= 15 is 0 Å². The van der Waals surface area contributed by atoms with Crippen LogP contribution in [0.4, 0.5) is 4.39 Å². The number of benzene rings is 5. The zero-order valence-electron chi connectivity index (χ0n) is 30.2. The largest absolute Gasteiger partial charge is 0.308 e. The molecule has 0 bridgehead atoms. The highest BCUT2D eigenvalue weighted by atomic mass is 32.2. The van der Waals surface area contributed by atoms with Gasteiger partial charge in [-0.25, -0.2) is 27.5 Å². The molecule has 0 aliphatic carbocycles. The van der Waals surface area contributed by atoms with Crippen molar-refractivity contribution in [3.8, 4) is 33.0 Å². The molecule has 0 radical (unpaired) electrons. The van der Waals surface area contributed by atoms with E-state index in [1.807, 2.05) is 96.5 Å². The van der Waals surface area contributed by atoms with Gasteiger partial charge in [-0.1, -0.05) is 97.1 Å². The number of rotatable bonds is 12. The van der Waals surface area contributed by atoms with Crippen LogP contribution in [-0.4, -0.2) is 60.3 Å². The normalized spacial score (nSPS) is 12.1. The Labute approximate surface area is 323 Å². The fourth-order valence-corrected chi connectivity index (χ4v) is 9.31. The van der Waals surface area contributed by atoms with Gasteiger partial charge in [0.15, 0.2) is 0 Å². The van der Waals surface area contributed by atoms with Gasteiger partial charge in [-0.2, -0.15) is 5.10 Å². The molecule has 3 heterocycles. The molecule has 0 unspecified atom stereocenters. The van der Waals surface area contributed by atoms with Crippen molar-refractivity contribution in [1.29, 1.82) is 0 Å². The van der Waals surface area contributed by atoms with Crippen LogP contribution in [0.25, 0.3) is 43.9 Å². The molecule has 8 nitrogen and oxygen atoms in total. The molecule has 0 aliphatic rings. The summed E-state index contributed by atoms with van der Waals surface area (Å²) in [5, 5.41) is 7.79. The number of hydrogen-bond donors (Lipinski definition) is 1. The molecule has 5 aromatic carbocycles. The van der Waals surface area contributed by atoms with Crippen LogP contribution in [0.15, 0.2) is 162 Å². The summed E-state index contributed by atoms with van der Waals surface area (Å²) in [6.07, 6.45) is 3.56. The summed E-state index contributed by atoms with van der Waals surface area (Å²) in [6.45, 7) is 0.875. The number of halogens is 1. The van der Waals surface area contributed by atoms with Gasteiger partial charge < -0.3 is 4.90 Å². The monoisotopic (exact) mass is 764 g/mol. The van der Waals surface area contributed by atoms with Gasteiger partial charge in [0.05, 0.1) is 21.0 Å². The van der Waals surface area contributed by atoms with Crippen LogP contribution in [0.1, 0.15) is 16.7 Å². The predicted molar refractivity (Wildman–Crippen MR) is 218 cm³/mol. The number of nitrogens with zero attached hydrogens (tertiary/aromatic N) is 5. The Balaban J connectivity index is 1.33. The highest BCUT2D eigenvalue weighted by molar-refractivity contribution is 7.89. The summed E-state index contributed by atoms with van der Waals surface area (Å²) in [5.41, 5.74) is 6.55. The molecule has 3 aromatic heterocycles. The molecule has 0 aliphatic heterocycles. The summed E-state index contributed by atoms with van der Waals surface area (Å²) in [7, 11) is 0.0740. The molecule has 0 saturated carbocycles. The van der Waals surface area contributed by atoms with Crippen LogP contribution in [0.2, 0.25) is 0 Å². The zero-order chi connectivity index (χ0) is 38.0. The first kappa shape index (κ1) is 36.1. The Morgan fingerprint density at radius 2 is 1.35 bits per heavy atom. The first-order chi connectivity index (χ1) is 26.7. The van der Waals surface area contributed by atoms with Crippen molar-refractivity contribution < 1.29 is 12.8 Å². The van der Waals surface area contributed by atoms with Crippen LogP contribution in [0.3, 0.4) is 0 Å². The average molecular weight is 765 g/mol. The molecule has 8 aromatic rings. The Morgan fingerprint density at radius 3 is 1.95 bits per heavy atom. The first-order valence-electron chi connectivity index (χ1n) is 17.7.